The fraction of sp³-hybridized carbons (Fsp3) is 0.167. The van der Waals surface area contributed by atoms with Gasteiger partial charge in [-0.25, -0.2) is 4.98 Å². The number of oxazole rings is 1. The van der Waals surface area contributed by atoms with E-state index in [2.05, 4.69) is 41.2 Å². The molecular formula is C18H15N3O3S. The second-order valence-corrected chi connectivity index (χ2v) is 6.53. The monoisotopic (exact) mass is 353 g/mol. The van der Waals surface area contributed by atoms with Crippen LogP contribution in [0.3, 0.4) is 0 Å². The molecule has 0 spiro atoms. The third-order valence-corrected chi connectivity index (χ3v) is 4.50. The molecular weight excluding hydrogens is 338 g/mol. The molecule has 3 heterocycles. The van der Waals surface area contributed by atoms with E-state index in [1.807, 2.05) is 6.07 Å². The number of furan rings is 1. The van der Waals surface area contributed by atoms with E-state index in [1.165, 1.54) is 17.3 Å². The van der Waals surface area contributed by atoms with Crippen LogP contribution < -0.4 is 0 Å². The van der Waals surface area contributed by atoms with Gasteiger partial charge in [0.25, 0.3) is 11.1 Å². The first-order chi connectivity index (χ1) is 12.2. The lowest BCUT2D eigenvalue weighted by Crippen LogP contribution is -1.86. The Morgan fingerprint density at radius 2 is 1.96 bits per heavy atom. The molecule has 0 N–H and O–H groups in total. The average molecular weight is 353 g/mol. The van der Waals surface area contributed by atoms with Crippen molar-refractivity contribution < 1.29 is 13.3 Å². The van der Waals surface area contributed by atoms with Crippen LogP contribution in [0.5, 0.6) is 0 Å². The van der Waals surface area contributed by atoms with Gasteiger partial charge in [-0.05, 0) is 37.6 Å². The van der Waals surface area contributed by atoms with Crippen molar-refractivity contribution in [2.75, 3.05) is 0 Å². The summed E-state index contributed by atoms with van der Waals surface area (Å²) in [7, 11) is 0. The zero-order chi connectivity index (χ0) is 17.2. The van der Waals surface area contributed by atoms with E-state index in [0.29, 0.717) is 28.5 Å². The maximum Gasteiger partial charge on any atom is 0.284 e. The van der Waals surface area contributed by atoms with E-state index < -0.39 is 0 Å². The summed E-state index contributed by atoms with van der Waals surface area (Å²) in [5.41, 5.74) is 4.17. The van der Waals surface area contributed by atoms with Gasteiger partial charge in [0, 0.05) is 11.3 Å². The van der Waals surface area contributed by atoms with Gasteiger partial charge in [0.05, 0.1) is 12.0 Å². The van der Waals surface area contributed by atoms with Gasteiger partial charge < -0.3 is 13.3 Å². The van der Waals surface area contributed by atoms with Gasteiger partial charge in [-0.2, -0.15) is 0 Å². The van der Waals surface area contributed by atoms with Crippen molar-refractivity contribution in [1.29, 1.82) is 0 Å². The smallest absolute Gasteiger partial charge is 0.284 e. The van der Waals surface area contributed by atoms with Crippen LogP contribution in [0.15, 0.2) is 61.3 Å². The SMILES string of the molecule is Cc1ccc(-c2nc(CSc3nnc(-c4ccco4)o3)co2)c(C)c1. The minimum atomic E-state index is 0.364. The predicted molar refractivity (Wildman–Crippen MR) is 93.0 cm³/mol. The van der Waals surface area contributed by atoms with E-state index in [4.69, 9.17) is 13.3 Å². The van der Waals surface area contributed by atoms with Crippen molar-refractivity contribution in [3.63, 3.8) is 0 Å². The Labute approximate surface area is 148 Å². The molecule has 0 fully saturated rings. The first-order valence-corrected chi connectivity index (χ1v) is 8.70. The van der Waals surface area contributed by atoms with E-state index in [0.717, 1.165) is 16.8 Å². The highest BCUT2D eigenvalue weighted by Gasteiger charge is 2.13. The Balaban J connectivity index is 1.45. The fourth-order valence-electron chi connectivity index (χ4n) is 2.45. The standard InChI is InChI=1S/C18H15N3O3S/c1-11-5-6-14(12(2)8-11)16-19-13(9-23-16)10-25-18-21-20-17(24-18)15-4-3-7-22-15/h3-9H,10H2,1-2H3. The molecule has 0 unspecified atom stereocenters. The third-order valence-electron chi connectivity index (χ3n) is 3.65. The Hall–Kier alpha value is -2.80. The van der Waals surface area contributed by atoms with E-state index in [-0.39, 0.29) is 0 Å². The molecule has 0 amide bonds. The Morgan fingerprint density at radius 1 is 1.04 bits per heavy atom. The second-order valence-electron chi connectivity index (χ2n) is 5.60. The van der Waals surface area contributed by atoms with Crippen LogP contribution in [-0.2, 0) is 5.75 Å². The van der Waals surface area contributed by atoms with Crippen LogP contribution in [0.25, 0.3) is 23.1 Å². The first-order valence-electron chi connectivity index (χ1n) is 7.71. The minimum absolute atomic E-state index is 0.364. The highest BCUT2D eigenvalue weighted by molar-refractivity contribution is 7.98. The summed E-state index contributed by atoms with van der Waals surface area (Å²) < 4.78 is 16.4. The van der Waals surface area contributed by atoms with Crippen molar-refractivity contribution in [2.45, 2.75) is 24.8 Å². The van der Waals surface area contributed by atoms with Gasteiger partial charge in [0.1, 0.15) is 6.26 Å². The predicted octanol–water partition coefficient (Wildman–Crippen LogP) is 4.89. The van der Waals surface area contributed by atoms with Crippen molar-refractivity contribution >= 4 is 11.8 Å². The lowest BCUT2D eigenvalue weighted by Gasteiger charge is -2.02. The average Bonchev–Trinajstić information content (AvgIpc) is 3.34. The Morgan fingerprint density at radius 3 is 2.76 bits per heavy atom. The minimum Gasteiger partial charge on any atom is -0.459 e. The van der Waals surface area contributed by atoms with Gasteiger partial charge in [-0.1, -0.05) is 29.5 Å². The van der Waals surface area contributed by atoms with Crippen molar-refractivity contribution in [3.8, 4) is 23.1 Å². The van der Waals surface area contributed by atoms with Crippen molar-refractivity contribution in [2.24, 2.45) is 0 Å². The van der Waals surface area contributed by atoms with E-state index in [1.54, 1.807) is 24.7 Å². The summed E-state index contributed by atoms with van der Waals surface area (Å²) in [6.07, 6.45) is 3.22. The molecule has 6 nitrogen and oxygen atoms in total. The van der Waals surface area contributed by atoms with Crippen LogP contribution in [0, 0.1) is 13.8 Å². The summed E-state index contributed by atoms with van der Waals surface area (Å²) in [6.45, 7) is 4.12. The number of aromatic nitrogens is 3. The van der Waals surface area contributed by atoms with Gasteiger partial charge in [-0.15, -0.1) is 10.2 Å². The molecule has 0 radical (unpaired) electrons. The van der Waals surface area contributed by atoms with Gasteiger partial charge >= 0.3 is 0 Å². The zero-order valence-electron chi connectivity index (χ0n) is 13.7. The molecule has 4 aromatic rings. The molecule has 7 heteroatoms. The Bertz CT molecular complexity index is 989. The molecule has 0 saturated carbocycles. The fourth-order valence-corrected chi connectivity index (χ4v) is 3.09. The summed E-state index contributed by atoms with van der Waals surface area (Å²) in [5, 5.41) is 8.43. The molecule has 1 aromatic carbocycles. The summed E-state index contributed by atoms with van der Waals surface area (Å²) in [5.74, 6) is 2.12. The quantitative estimate of drug-likeness (QED) is 0.472. The largest absolute Gasteiger partial charge is 0.459 e. The molecule has 0 aliphatic rings. The van der Waals surface area contributed by atoms with Gasteiger partial charge in [0.2, 0.25) is 5.89 Å². The number of aryl methyl sites for hydroxylation is 2. The lowest BCUT2D eigenvalue weighted by atomic mass is 10.1. The number of rotatable bonds is 5. The molecule has 3 aromatic heterocycles. The summed E-state index contributed by atoms with van der Waals surface area (Å²) in [6, 6.07) is 9.74. The maximum absolute atomic E-state index is 5.62. The molecule has 0 saturated heterocycles. The van der Waals surface area contributed by atoms with E-state index in [9.17, 15) is 0 Å². The highest BCUT2D eigenvalue weighted by Crippen LogP contribution is 2.28. The number of hydrogen-bond donors (Lipinski definition) is 0. The van der Waals surface area contributed by atoms with Gasteiger partial charge in [-0.3, -0.25) is 0 Å². The number of benzene rings is 1. The third kappa shape index (κ3) is 3.36. The van der Waals surface area contributed by atoms with Crippen LogP contribution in [-0.4, -0.2) is 15.2 Å². The van der Waals surface area contributed by atoms with Crippen LogP contribution in [0.1, 0.15) is 16.8 Å². The maximum atomic E-state index is 5.62. The molecule has 25 heavy (non-hydrogen) atoms. The first kappa shape index (κ1) is 15.7. The van der Waals surface area contributed by atoms with Crippen LogP contribution in [0.2, 0.25) is 0 Å². The number of hydrogen-bond acceptors (Lipinski definition) is 7. The van der Waals surface area contributed by atoms with Crippen LogP contribution >= 0.6 is 11.8 Å². The lowest BCUT2D eigenvalue weighted by molar-refractivity contribution is 0.447. The molecule has 0 bridgehead atoms. The molecule has 0 aliphatic carbocycles. The number of thioether (sulfide) groups is 1. The summed E-state index contributed by atoms with van der Waals surface area (Å²) >= 11 is 1.40. The molecule has 0 aliphatic heterocycles. The topological polar surface area (TPSA) is 78.1 Å². The molecule has 0 atom stereocenters. The van der Waals surface area contributed by atoms with Crippen molar-refractivity contribution in [3.05, 3.63) is 59.7 Å². The van der Waals surface area contributed by atoms with E-state index >= 15 is 0 Å². The molecule has 126 valence electrons. The highest BCUT2D eigenvalue weighted by atomic mass is 32.2. The normalized spacial score (nSPS) is 11.1. The van der Waals surface area contributed by atoms with Crippen LogP contribution in [0.4, 0.5) is 0 Å². The zero-order valence-corrected chi connectivity index (χ0v) is 14.5. The van der Waals surface area contributed by atoms with Gasteiger partial charge in [0.15, 0.2) is 5.76 Å². The summed E-state index contributed by atoms with van der Waals surface area (Å²) in [4.78, 5) is 4.55. The van der Waals surface area contributed by atoms with Crippen molar-refractivity contribution in [1.82, 2.24) is 15.2 Å². The Kier molecular flexibility index (Phi) is 4.15. The number of nitrogens with zero attached hydrogens (tertiary/aromatic N) is 3. The molecule has 4 rings (SSSR count). The second kappa shape index (κ2) is 6.60.